The van der Waals surface area contributed by atoms with Crippen molar-refractivity contribution < 1.29 is 0 Å². The molecule has 67 heavy (non-hydrogen) atoms. The van der Waals surface area contributed by atoms with E-state index in [2.05, 4.69) is 255 Å². The highest BCUT2D eigenvalue weighted by Gasteiger charge is 2.29. The maximum atomic E-state index is 8.12. The Kier molecular flexibility index (Phi) is 11.8. The second-order valence-electron chi connectivity index (χ2n) is 22.2. The van der Waals surface area contributed by atoms with Crippen LogP contribution in [0.15, 0.2) is 151 Å². The summed E-state index contributed by atoms with van der Waals surface area (Å²) in [5.74, 6) is 0. The van der Waals surface area contributed by atoms with Gasteiger partial charge in [0, 0.05) is 61.3 Å². The van der Waals surface area contributed by atoms with E-state index in [1.165, 1.54) is 54.1 Å². The molecule has 5 heteroatoms. The Morgan fingerprint density at radius 3 is 1.63 bits per heavy atom. The molecule has 9 aromatic rings. The van der Waals surface area contributed by atoms with Gasteiger partial charge in [-0.1, -0.05) is 161 Å². The number of benzene rings is 7. The topological polar surface area (TPSA) is 11.4 Å². The first-order valence-electron chi connectivity index (χ1n) is 23.9. The van der Waals surface area contributed by atoms with E-state index in [1.807, 2.05) is 0 Å². The van der Waals surface area contributed by atoms with Gasteiger partial charge in [-0.05, 0) is 135 Å². The fourth-order valence-electron chi connectivity index (χ4n) is 9.47. The number of para-hydroxylation sites is 1. The van der Waals surface area contributed by atoms with E-state index in [4.69, 9.17) is 11.6 Å². The molecule has 0 saturated heterocycles. The zero-order valence-electron chi connectivity index (χ0n) is 41.8. The zero-order valence-corrected chi connectivity index (χ0v) is 43.3. The monoisotopic (exact) mass is 919 g/mol. The summed E-state index contributed by atoms with van der Waals surface area (Å²) >= 11 is 9.90. The molecule has 0 radical (unpaired) electrons. The van der Waals surface area contributed by atoms with Crippen LogP contribution in [0.4, 0.5) is 34.1 Å². The third kappa shape index (κ3) is 8.57. The maximum Gasteiger partial charge on any atom is 0.0887 e. The number of hydrogen-bond acceptors (Lipinski definition) is 3. The Morgan fingerprint density at radius 1 is 0.478 bits per heavy atom. The van der Waals surface area contributed by atoms with Crippen molar-refractivity contribution in [2.24, 2.45) is 7.05 Å². The Hall–Kier alpha value is -5.81. The molecule has 2 aromatic heterocycles. The van der Waals surface area contributed by atoms with Crippen molar-refractivity contribution in [3.63, 3.8) is 0 Å². The Bertz CT molecular complexity index is 3270. The summed E-state index contributed by atoms with van der Waals surface area (Å²) in [5, 5.41) is 6.68. The van der Waals surface area contributed by atoms with Crippen LogP contribution in [0.25, 0.3) is 43.0 Å². The van der Waals surface area contributed by atoms with Crippen LogP contribution in [0.1, 0.15) is 112 Å². The third-order valence-electron chi connectivity index (χ3n) is 14.2. The number of rotatable bonds is 9. The van der Waals surface area contributed by atoms with Gasteiger partial charge in [0.2, 0.25) is 0 Å². The number of anilines is 6. The summed E-state index contributed by atoms with van der Waals surface area (Å²) in [6, 6.07) is 54.5. The SMILES string of the molecule is CCC(C)(C)c1ccc(N(c2ccc(C(C)(C)C)cc2-c2ccc3c(c2)c2ccccc2n3C)c2cccc(N(c3ccc(C(C)(C)C)cc3)c3csc4ccc(C(C)(C)C)cc34)c2Cl)cc1. The van der Waals surface area contributed by atoms with E-state index in [1.54, 1.807) is 11.3 Å². The summed E-state index contributed by atoms with van der Waals surface area (Å²) in [4.78, 5) is 4.78. The van der Waals surface area contributed by atoms with Gasteiger partial charge in [0.25, 0.3) is 0 Å². The number of aromatic nitrogens is 1. The minimum atomic E-state index is -0.0776. The predicted octanol–water partition coefficient (Wildman–Crippen LogP) is 19.4. The highest BCUT2D eigenvalue weighted by Crippen LogP contribution is 2.52. The number of hydrogen-bond donors (Lipinski definition) is 0. The van der Waals surface area contributed by atoms with Gasteiger partial charge in [-0.25, -0.2) is 0 Å². The lowest BCUT2D eigenvalue weighted by Crippen LogP contribution is -2.18. The van der Waals surface area contributed by atoms with Crippen molar-refractivity contribution in [2.75, 3.05) is 9.80 Å². The van der Waals surface area contributed by atoms with Gasteiger partial charge >= 0.3 is 0 Å². The smallest absolute Gasteiger partial charge is 0.0887 e. The van der Waals surface area contributed by atoms with Crippen molar-refractivity contribution in [1.29, 1.82) is 0 Å². The molecular weight excluding hydrogens is 854 g/mol. The van der Waals surface area contributed by atoms with Gasteiger partial charge in [-0.2, -0.15) is 0 Å². The lowest BCUT2D eigenvalue weighted by atomic mass is 9.82. The van der Waals surface area contributed by atoms with Crippen LogP contribution in [0.5, 0.6) is 0 Å². The fourth-order valence-corrected chi connectivity index (χ4v) is 10.7. The highest BCUT2D eigenvalue weighted by atomic mass is 35.5. The minimum absolute atomic E-state index is 0.00900. The van der Waals surface area contributed by atoms with E-state index in [0.717, 1.165) is 51.7 Å². The summed E-state index contributed by atoms with van der Waals surface area (Å²) in [7, 11) is 2.17. The first kappa shape index (κ1) is 46.3. The molecule has 0 spiro atoms. The molecule has 2 heterocycles. The number of thiophene rings is 1. The first-order valence-corrected chi connectivity index (χ1v) is 25.2. The van der Waals surface area contributed by atoms with Gasteiger partial charge in [-0.3, -0.25) is 0 Å². The standard InChI is InChI=1S/C62H66ClN3S/c1-14-62(11,12)42-25-31-45(32-26-42)65(53-34-27-43(60(5,6)7)37-48(53)40-22-33-52-49(36-40)47-18-15-16-19-51(47)64(52)13)54-20-17-21-55(58(54)63)66(46-29-23-41(24-30-46)59(2,3)4)56-39-67-57-35-28-44(38-50(56)57)61(8,9)10/h15-39H,14H2,1-13H3. The number of aryl methyl sites for hydroxylation is 1. The van der Waals surface area contributed by atoms with Gasteiger partial charge in [0.1, 0.15) is 0 Å². The van der Waals surface area contributed by atoms with Crippen LogP contribution in [0, 0.1) is 0 Å². The number of halogens is 1. The number of nitrogens with zero attached hydrogens (tertiary/aromatic N) is 3. The Labute approximate surface area is 408 Å². The largest absolute Gasteiger partial charge is 0.344 e. The van der Waals surface area contributed by atoms with E-state index < -0.39 is 0 Å². The first-order chi connectivity index (χ1) is 31.7. The number of fused-ring (bicyclic) bond motifs is 4. The normalized spacial score (nSPS) is 12.7. The van der Waals surface area contributed by atoms with Crippen molar-refractivity contribution in [2.45, 2.75) is 111 Å². The predicted molar refractivity (Wildman–Crippen MR) is 295 cm³/mol. The van der Waals surface area contributed by atoms with Crippen LogP contribution in [0.2, 0.25) is 5.02 Å². The van der Waals surface area contributed by atoms with Crippen LogP contribution in [-0.2, 0) is 28.7 Å². The van der Waals surface area contributed by atoms with E-state index in [0.29, 0.717) is 5.02 Å². The van der Waals surface area contributed by atoms with Gasteiger partial charge in [0.15, 0.2) is 0 Å². The van der Waals surface area contributed by atoms with E-state index >= 15 is 0 Å². The van der Waals surface area contributed by atoms with E-state index in [-0.39, 0.29) is 21.7 Å². The second-order valence-corrected chi connectivity index (χ2v) is 23.5. The van der Waals surface area contributed by atoms with Crippen molar-refractivity contribution in [3.05, 3.63) is 178 Å². The molecule has 9 rings (SSSR count). The average molecular weight is 921 g/mol. The lowest BCUT2D eigenvalue weighted by Gasteiger charge is -2.33. The molecule has 0 amide bonds. The molecule has 0 atom stereocenters. The summed E-state index contributed by atoms with van der Waals surface area (Å²) in [6.45, 7) is 27.5. The summed E-state index contributed by atoms with van der Waals surface area (Å²) in [6.07, 6.45) is 1.04. The lowest BCUT2D eigenvalue weighted by molar-refractivity contribution is 0.506. The molecule has 0 aliphatic rings. The van der Waals surface area contributed by atoms with Gasteiger partial charge in [-0.15, -0.1) is 11.3 Å². The van der Waals surface area contributed by atoms with Crippen molar-refractivity contribution >= 4 is 89.0 Å². The molecule has 0 saturated carbocycles. The molecule has 0 aliphatic carbocycles. The van der Waals surface area contributed by atoms with Gasteiger partial charge in [0.05, 0.1) is 27.8 Å². The Morgan fingerprint density at radius 2 is 1.01 bits per heavy atom. The molecule has 0 unspecified atom stereocenters. The van der Waals surface area contributed by atoms with Crippen molar-refractivity contribution in [3.8, 4) is 11.1 Å². The minimum Gasteiger partial charge on any atom is -0.344 e. The quantitative estimate of drug-likeness (QED) is 0.143. The second kappa shape index (κ2) is 17.1. The molecule has 0 aliphatic heterocycles. The van der Waals surface area contributed by atoms with Crippen LogP contribution >= 0.6 is 22.9 Å². The molecular formula is C62H66ClN3S. The van der Waals surface area contributed by atoms with Crippen molar-refractivity contribution in [1.82, 2.24) is 4.57 Å². The third-order valence-corrected chi connectivity index (χ3v) is 15.5. The van der Waals surface area contributed by atoms with Crippen LogP contribution in [0.3, 0.4) is 0 Å². The Balaban J connectivity index is 1.31. The molecule has 3 nitrogen and oxygen atoms in total. The van der Waals surface area contributed by atoms with E-state index in [9.17, 15) is 0 Å². The molecule has 0 fully saturated rings. The average Bonchev–Trinajstić information content (AvgIpc) is 3.84. The van der Waals surface area contributed by atoms with Crippen LogP contribution in [-0.4, -0.2) is 4.57 Å². The highest BCUT2D eigenvalue weighted by molar-refractivity contribution is 7.17. The summed E-state index contributed by atoms with van der Waals surface area (Å²) in [5.41, 5.74) is 16.0. The zero-order chi connectivity index (χ0) is 47.8. The molecule has 0 N–H and O–H groups in total. The summed E-state index contributed by atoms with van der Waals surface area (Å²) < 4.78 is 3.55. The van der Waals surface area contributed by atoms with Gasteiger partial charge < -0.3 is 14.4 Å². The fraction of sp³-hybridized carbons (Fsp3) is 0.290. The maximum absolute atomic E-state index is 8.12. The van der Waals surface area contributed by atoms with Crippen LogP contribution < -0.4 is 9.80 Å². The molecule has 7 aromatic carbocycles. The molecule has 342 valence electrons. The molecule has 0 bridgehead atoms.